The van der Waals surface area contributed by atoms with Gasteiger partial charge in [0.05, 0.1) is 18.8 Å². The van der Waals surface area contributed by atoms with E-state index in [0.29, 0.717) is 26.3 Å². The zero-order chi connectivity index (χ0) is 13.1. The number of ether oxygens (including phenoxy) is 2. The van der Waals surface area contributed by atoms with Crippen LogP contribution in [0.1, 0.15) is 13.8 Å². The predicted molar refractivity (Wildman–Crippen MR) is 66.3 cm³/mol. The number of hydrogen-bond donors (Lipinski definition) is 0. The Morgan fingerprint density at radius 2 is 1.76 bits per heavy atom. The van der Waals surface area contributed by atoms with E-state index in [4.69, 9.17) is 21.1 Å². The highest BCUT2D eigenvalue weighted by Crippen LogP contribution is 2.34. The summed E-state index contributed by atoms with van der Waals surface area (Å²) >= 11 is 6.34. The average molecular weight is 265 g/mol. The molecule has 1 fully saturated rings. The van der Waals surface area contributed by atoms with Crippen molar-refractivity contribution >= 4 is 17.6 Å². The van der Waals surface area contributed by atoms with Crippen LogP contribution in [0, 0.1) is 0 Å². The van der Waals surface area contributed by atoms with Crippen LogP contribution in [0.2, 0.25) is 0 Å². The van der Waals surface area contributed by atoms with E-state index in [1.165, 1.54) is 0 Å². The first kappa shape index (κ1) is 14.5. The smallest absolute Gasteiger partial charge is 0.322 e. The Balaban J connectivity index is 2.75. The van der Waals surface area contributed by atoms with Crippen molar-refractivity contribution in [2.24, 2.45) is 0 Å². The zero-order valence-corrected chi connectivity index (χ0v) is 11.7. The van der Waals surface area contributed by atoms with Crippen LogP contribution in [0.3, 0.4) is 0 Å². The molecule has 0 radical (unpaired) electrons. The number of amides is 2. The van der Waals surface area contributed by atoms with E-state index in [1.807, 2.05) is 13.8 Å². The summed E-state index contributed by atoms with van der Waals surface area (Å²) in [5.41, 5.74) is -0.743. The van der Waals surface area contributed by atoms with E-state index in [0.717, 1.165) is 0 Å². The van der Waals surface area contributed by atoms with Crippen LogP contribution in [-0.2, 0) is 9.47 Å². The van der Waals surface area contributed by atoms with Crippen molar-refractivity contribution in [1.29, 1.82) is 0 Å². The Labute approximate surface area is 108 Å². The molecule has 0 aromatic carbocycles. The van der Waals surface area contributed by atoms with Gasteiger partial charge in [0, 0.05) is 27.3 Å². The van der Waals surface area contributed by atoms with E-state index >= 15 is 0 Å². The third kappa shape index (κ3) is 2.84. The van der Waals surface area contributed by atoms with Crippen molar-refractivity contribution in [1.82, 2.24) is 9.80 Å². The Bertz CT molecular complexity index is 273. The van der Waals surface area contributed by atoms with Gasteiger partial charge in [0.2, 0.25) is 0 Å². The predicted octanol–water partition coefficient (Wildman–Crippen LogP) is 1.36. The van der Waals surface area contributed by atoms with Gasteiger partial charge >= 0.3 is 6.03 Å². The summed E-state index contributed by atoms with van der Waals surface area (Å²) in [4.78, 5) is 15.6. The highest BCUT2D eigenvalue weighted by atomic mass is 35.5. The molecule has 1 heterocycles. The maximum Gasteiger partial charge on any atom is 0.322 e. The van der Waals surface area contributed by atoms with Crippen LogP contribution in [0.4, 0.5) is 4.79 Å². The second-order valence-electron chi connectivity index (χ2n) is 4.60. The molecule has 1 rings (SSSR count). The van der Waals surface area contributed by atoms with Crippen LogP contribution in [0.15, 0.2) is 0 Å². The number of carbonyl (C=O) groups is 1. The van der Waals surface area contributed by atoms with Gasteiger partial charge in [0.1, 0.15) is 5.50 Å². The number of hydrogen-bond acceptors (Lipinski definition) is 3. The van der Waals surface area contributed by atoms with Crippen molar-refractivity contribution in [3.8, 4) is 0 Å². The summed E-state index contributed by atoms with van der Waals surface area (Å²) < 4.78 is 10.0. The minimum absolute atomic E-state index is 0.0518. The van der Waals surface area contributed by atoms with Crippen molar-refractivity contribution in [2.75, 3.05) is 40.5 Å². The van der Waals surface area contributed by atoms with Crippen molar-refractivity contribution in [3.05, 3.63) is 0 Å². The maximum atomic E-state index is 12.2. The Hall–Kier alpha value is -0.520. The fourth-order valence-electron chi connectivity index (χ4n) is 1.97. The minimum Gasteiger partial charge on any atom is -0.383 e. The summed E-state index contributed by atoms with van der Waals surface area (Å²) in [5, 5.41) is 0. The minimum atomic E-state index is -0.398. The molecule has 0 saturated carbocycles. The Morgan fingerprint density at radius 1 is 1.24 bits per heavy atom. The number of methoxy groups -OCH3 is 2. The van der Waals surface area contributed by atoms with Gasteiger partial charge in [0.15, 0.2) is 0 Å². The summed E-state index contributed by atoms with van der Waals surface area (Å²) in [6, 6.07) is -0.0518. The topological polar surface area (TPSA) is 42.0 Å². The first-order valence-corrected chi connectivity index (χ1v) is 6.10. The van der Waals surface area contributed by atoms with E-state index in [-0.39, 0.29) is 11.5 Å². The fourth-order valence-corrected chi connectivity index (χ4v) is 2.27. The Kier molecular flexibility index (Phi) is 5.04. The summed E-state index contributed by atoms with van der Waals surface area (Å²) in [6.45, 7) is 5.99. The van der Waals surface area contributed by atoms with Crippen molar-refractivity contribution < 1.29 is 14.3 Å². The van der Waals surface area contributed by atoms with Crippen molar-refractivity contribution in [2.45, 2.75) is 24.9 Å². The van der Waals surface area contributed by atoms with Gasteiger partial charge in [0.25, 0.3) is 0 Å². The number of rotatable bonds is 6. The second kappa shape index (κ2) is 5.89. The molecule has 0 aliphatic carbocycles. The quantitative estimate of drug-likeness (QED) is 0.537. The van der Waals surface area contributed by atoms with Gasteiger partial charge < -0.3 is 19.3 Å². The summed E-state index contributed by atoms with van der Waals surface area (Å²) in [6.07, 6.45) is 0. The molecule has 100 valence electrons. The molecule has 5 nitrogen and oxygen atoms in total. The molecular weight excluding hydrogens is 244 g/mol. The third-order valence-corrected chi connectivity index (χ3v) is 3.85. The van der Waals surface area contributed by atoms with Gasteiger partial charge in [-0.25, -0.2) is 4.79 Å². The van der Waals surface area contributed by atoms with Crippen LogP contribution in [0.25, 0.3) is 0 Å². The zero-order valence-electron chi connectivity index (χ0n) is 10.9. The lowest BCUT2D eigenvalue weighted by molar-refractivity contribution is 0.122. The van der Waals surface area contributed by atoms with Gasteiger partial charge in [-0.3, -0.25) is 0 Å². The molecule has 0 aromatic rings. The molecule has 0 bridgehead atoms. The van der Waals surface area contributed by atoms with Crippen LogP contribution >= 0.6 is 11.6 Å². The van der Waals surface area contributed by atoms with Crippen molar-refractivity contribution in [3.63, 3.8) is 0 Å². The van der Waals surface area contributed by atoms with Gasteiger partial charge in [-0.15, -0.1) is 0 Å². The van der Waals surface area contributed by atoms with E-state index in [2.05, 4.69) is 0 Å². The largest absolute Gasteiger partial charge is 0.383 e. The Morgan fingerprint density at radius 3 is 2.29 bits per heavy atom. The molecular formula is C11H21ClN2O3. The molecule has 1 aliphatic heterocycles. The van der Waals surface area contributed by atoms with E-state index in [9.17, 15) is 4.79 Å². The van der Waals surface area contributed by atoms with Gasteiger partial charge in [-0.1, -0.05) is 11.6 Å². The molecule has 0 aromatic heterocycles. The standard InChI is InChI=1S/C11H21ClN2O3/c1-11(2)9(12)13(5-7-16-3)10(15)14(11)6-8-17-4/h9H,5-8H2,1-4H3. The lowest BCUT2D eigenvalue weighted by Gasteiger charge is -2.31. The average Bonchev–Trinajstić information content (AvgIpc) is 2.43. The van der Waals surface area contributed by atoms with Crippen LogP contribution in [-0.4, -0.2) is 67.4 Å². The number of urea groups is 1. The highest BCUT2D eigenvalue weighted by Gasteiger charge is 2.50. The maximum absolute atomic E-state index is 12.2. The molecule has 1 saturated heterocycles. The lowest BCUT2D eigenvalue weighted by Crippen LogP contribution is -2.45. The molecule has 1 atom stereocenters. The number of carbonyl (C=O) groups excluding carboxylic acids is 1. The highest BCUT2D eigenvalue weighted by molar-refractivity contribution is 6.23. The van der Waals surface area contributed by atoms with Crippen LogP contribution < -0.4 is 0 Å². The van der Waals surface area contributed by atoms with E-state index in [1.54, 1.807) is 24.0 Å². The number of nitrogens with zero attached hydrogens (tertiary/aromatic N) is 2. The van der Waals surface area contributed by atoms with E-state index < -0.39 is 5.54 Å². The monoisotopic (exact) mass is 264 g/mol. The SMILES string of the molecule is COCCN1C(=O)N(CCOC)C(C)(C)C1Cl. The van der Waals surface area contributed by atoms with Gasteiger partial charge in [-0.05, 0) is 13.8 Å². The molecule has 2 amide bonds. The summed E-state index contributed by atoms with van der Waals surface area (Å²) in [7, 11) is 3.23. The molecule has 1 aliphatic rings. The molecule has 6 heteroatoms. The summed E-state index contributed by atoms with van der Waals surface area (Å²) in [5.74, 6) is 0. The number of alkyl halides is 1. The molecule has 0 spiro atoms. The third-order valence-electron chi connectivity index (χ3n) is 3.08. The second-order valence-corrected chi connectivity index (χ2v) is 5.02. The first-order chi connectivity index (χ1) is 7.96. The lowest BCUT2D eigenvalue weighted by atomic mass is 10.1. The molecule has 17 heavy (non-hydrogen) atoms. The first-order valence-electron chi connectivity index (χ1n) is 5.67. The molecule has 1 unspecified atom stereocenters. The normalized spacial score (nSPS) is 23.6. The number of halogens is 1. The fraction of sp³-hybridized carbons (Fsp3) is 0.909. The molecule has 0 N–H and O–H groups in total. The van der Waals surface area contributed by atoms with Crippen LogP contribution in [0.5, 0.6) is 0 Å². The van der Waals surface area contributed by atoms with Gasteiger partial charge in [-0.2, -0.15) is 0 Å².